The second-order valence-electron chi connectivity index (χ2n) is 7.58. The highest BCUT2D eigenvalue weighted by Crippen LogP contribution is 2.24. The zero-order valence-electron chi connectivity index (χ0n) is 15.2. The van der Waals surface area contributed by atoms with E-state index in [-0.39, 0.29) is 30.6 Å². The number of benzene rings is 1. The first-order chi connectivity index (χ1) is 12.0. The summed E-state index contributed by atoms with van der Waals surface area (Å²) in [5.74, 6) is 0.113. The van der Waals surface area contributed by atoms with E-state index in [0.717, 1.165) is 37.8 Å². The third-order valence-corrected chi connectivity index (χ3v) is 5.55. The van der Waals surface area contributed by atoms with Gasteiger partial charge >= 0.3 is 0 Å². The summed E-state index contributed by atoms with van der Waals surface area (Å²) in [5.41, 5.74) is 3.42. The molecule has 4 heteroatoms. The van der Waals surface area contributed by atoms with Crippen LogP contribution in [-0.2, 0) is 17.6 Å². The molecule has 0 bridgehead atoms. The largest absolute Gasteiger partial charge is 0.393 e. The Morgan fingerprint density at radius 1 is 1.16 bits per heavy atom. The Kier molecular flexibility index (Phi) is 5.89. The summed E-state index contributed by atoms with van der Waals surface area (Å²) in [4.78, 5) is 26.9. The minimum absolute atomic E-state index is 0.0504. The average molecular weight is 343 g/mol. The van der Waals surface area contributed by atoms with Crippen molar-refractivity contribution in [1.29, 1.82) is 0 Å². The molecule has 1 N–H and O–H groups in total. The number of amides is 1. The normalized spacial score (nSPS) is 21.0. The van der Waals surface area contributed by atoms with Gasteiger partial charge in [0.1, 0.15) is 0 Å². The maximum atomic E-state index is 12.5. The summed E-state index contributed by atoms with van der Waals surface area (Å²) >= 11 is 0. The van der Waals surface area contributed by atoms with Crippen LogP contribution >= 0.6 is 0 Å². The van der Waals surface area contributed by atoms with Crippen LogP contribution in [0.1, 0.15) is 73.4 Å². The second-order valence-corrected chi connectivity index (χ2v) is 7.58. The van der Waals surface area contributed by atoms with Gasteiger partial charge in [-0.3, -0.25) is 9.59 Å². The third kappa shape index (κ3) is 4.49. The molecule has 0 spiro atoms. The molecule has 2 aliphatic rings. The fourth-order valence-electron chi connectivity index (χ4n) is 4.22. The van der Waals surface area contributed by atoms with Crippen molar-refractivity contribution < 1.29 is 14.7 Å². The third-order valence-electron chi connectivity index (χ3n) is 5.55. The van der Waals surface area contributed by atoms with E-state index in [4.69, 9.17) is 0 Å². The summed E-state index contributed by atoms with van der Waals surface area (Å²) in [6, 6.07) is 6.17. The molecule has 1 fully saturated rings. The number of carbonyl (C=O) groups excluding carboxylic acids is 2. The van der Waals surface area contributed by atoms with Gasteiger partial charge in [-0.15, -0.1) is 0 Å². The first kappa shape index (κ1) is 18.1. The van der Waals surface area contributed by atoms with Gasteiger partial charge in [-0.25, -0.2) is 0 Å². The lowest BCUT2D eigenvalue weighted by Gasteiger charge is -2.25. The SMILES string of the molecule is CC(O)CC1CCCN1C(=O)CCC(=O)c1ccc2c(c1)CCCC2. The first-order valence-corrected chi connectivity index (χ1v) is 9.67. The van der Waals surface area contributed by atoms with Crippen LogP contribution in [-0.4, -0.2) is 40.4 Å². The van der Waals surface area contributed by atoms with Crippen molar-refractivity contribution in [3.63, 3.8) is 0 Å². The van der Waals surface area contributed by atoms with E-state index in [9.17, 15) is 14.7 Å². The molecule has 1 aromatic carbocycles. The molecule has 0 saturated carbocycles. The minimum Gasteiger partial charge on any atom is -0.393 e. The number of ketones is 1. The van der Waals surface area contributed by atoms with E-state index in [1.54, 1.807) is 6.92 Å². The van der Waals surface area contributed by atoms with Crippen molar-refractivity contribution in [3.8, 4) is 0 Å². The monoisotopic (exact) mass is 343 g/mol. The van der Waals surface area contributed by atoms with Crippen molar-refractivity contribution in [2.45, 2.75) is 76.9 Å². The van der Waals surface area contributed by atoms with Gasteiger partial charge in [0.25, 0.3) is 0 Å². The Balaban J connectivity index is 1.56. The molecular weight excluding hydrogens is 314 g/mol. The quantitative estimate of drug-likeness (QED) is 0.807. The predicted octanol–water partition coefficient (Wildman–Crippen LogP) is 3.29. The fraction of sp³-hybridized carbons (Fsp3) is 0.619. The highest BCUT2D eigenvalue weighted by atomic mass is 16.3. The molecule has 4 nitrogen and oxygen atoms in total. The van der Waals surface area contributed by atoms with E-state index in [2.05, 4.69) is 6.07 Å². The molecule has 1 amide bonds. The van der Waals surface area contributed by atoms with E-state index >= 15 is 0 Å². The smallest absolute Gasteiger partial charge is 0.223 e. The standard InChI is InChI=1S/C21H29NO3/c1-15(23)13-19-7-4-12-22(19)21(25)11-10-20(24)18-9-8-16-5-2-3-6-17(16)14-18/h8-9,14-15,19,23H,2-7,10-13H2,1H3. The minimum atomic E-state index is -0.393. The van der Waals surface area contributed by atoms with Gasteiger partial charge in [-0.2, -0.15) is 0 Å². The first-order valence-electron chi connectivity index (χ1n) is 9.67. The number of hydrogen-bond donors (Lipinski definition) is 1. The second kappa shape index (κ2) is 8.13. The number of aryl methyl sites for hydroxylation is 2. The predicted molar refractivity (Wildman–Crippen MR) is 97.7 cm³/mol. The number of nitrogens with zero attached hydrogens (tertiary/aromatic N) is 1. The molecule has 0 radical (unpaired) electrons. The van der Waals surface area contributed by atoms with Crippen molar-refractivity contribution in [3.05, 3.63) is 34.9 Å². The van der Waals surface area contributed by atoms with Gasteiger partial charge < -0.3 is 10.0 Å². The number of rotatable bonds is 6. The molecule has 0 aromatic heterocycles. The van der Waals surface area contributed by atoms with Crippen LogP contribution in [0.25, 0.3) is 0 Å². The topological polar surface area (TPSA) is 57.6 Å². The van der Waals surface area contributed by atoms with Gasteiger partial charge in [-0.05, 0) is 69.1 Å². The van der Waals surface area contributed by atoms with Gasteiger partial charge in [0.2, 0.25) is 5.91 Å². The van der Waals surface area contributed by atoms with Crippen LogP contribution in [0, 0.1) is 0 Å². The summed E-state index contributed by atoms with van der Waals surface area (Å²) in [6.07, 6.45) is 7.33. The summed E-state index contributed by atoms with van der Waals surface area (Å²) in [5, 5.41) is 9.58. The van der Waals surface area contributed by atoms with Crippen molar-refractivity contribution in [2.75, 3.05) is 6.54 Å². The van der Waals surface area contributed by atoms with E-state index in [1.165, 1.54) is 24.0 Å². The molecule has 25 heavy (non-hydrogen) atoms. The van der Waals surface area contributed by atoms with Crippen LogP contribution in [0.15, 0.2) is 18.2 Å². The van der Waals surface area contributed by atoms with Crippen molar-refractivity contribution in [1.82, 2.24) is 4.90 Å². The van der Waals surface area contributed by atoms with Crippen LogP contribution in [0.2, 0.25) is 0 Å². The molecule has 1 saturated heterocycles. The van der Waals surface area contributed by atoms with E-state index in [1.807, 2.05) is 17.0 Å². The van der Waals surface area contributed by atoms with E-state index in [0.29, 0.717) is 6.42 Å². The molecule has 2 unspecified atom stereocenters. The maximum Gasteiger partial charge on any atom is 0.223 e. The average Bonchev–Trinajstić information content (AvgIpc) is 3.06. The Labute approximate surface area is 150 Å². The number of aliphatic hydroxyl groups is 1. The zero-order valence-corrected chi connectivity index (χ0v) is 15.2. The number of fused-ring (bicyclic) bond motifs is 1. The molecule has 136 valence electrons. The Hall–Kier alpha value is -1.68. The zero-order chi connectivity index (χ0) is 17.8. The van der Waals surface area contributed by atoms with Crippen molar-refractivity contribution >= 4 is 11.7 Å². The molecule has 3 rings (SSSR count). The van der Waals surface area contributed by atoms with Gasteiger partial charge in [0, 0.05) is 31.0 Å². The van der Waals surface area contributed by atoms with Gasteiger partial charge in [0.15, 0.2) is 5.78 Å². The molecule has 1 aromatic rings. The van der Waals surface area contributed by atoms with Crippen LogP contribution in [0.4, 0.5) is 0 Å². The molecule has 1 aliphatic heterocycles. The van der Waals surface area contributed by atoms with E-state index < -0.39 is 6.10 Å². The number of aliphatic hydroxyl groups excluding tert-OH is 1. The number of Topliss-reactive ketones (excluding diaryl/α,β-unsaturated/α-hetero) is 1. The van der Waals surface area contributed by atoms with Crippen LogP contribution in [0.5, 0.6) is 0 Å². The molecule has 1 heterocycles. The highest BCUT2D eigenvalue weighted by molar-refractivity contribution is 5.98. The lowest BCUT2D eigenvalue weighted by molar-refractivity contribution is -0.132. The highest BCUT2D eigenvalue weighted by Gasteiger charge is 2.29. The lowest BCUT2D eigenvalue weighted by Crippen LogP contribution is -2.37. The number of hydrogen-bond acceptors (Lipinski definition) is 3. The lowest BCUT2D eigenvalue weighted by atomic mass is 9.89. The Morgan fingerprint density at radius 2 is 1.92 bits per heavy atom. The summed E-state index contributed by atoms with van der Waals surface area (Å²) < 4.78 is 0. The number of carbonyl (C=O) groups is 2. The van der Waals surface area contributed by atoms with Gasteiger partial charge in [-0.1, -0.05) is 12.1 Å². The summed E-state index contributed by atoms with van der Waals surface area (Å²) in [6.45, 7) is 2.52. The molecular formula is C21H29NO3. The summed E-state index contributed by atoms with van der Waals surface area (Å²) in [7, 11) is 0. The maximum absolute atomic E-state index is 12.5. The molecule has 1 aliphatic carbocycles. The van der Waals surface area contributed by atoms with Gasteiger partial charge in [0.05, 0.1) is 6.10 Å². The van der Waals surface area contributed by atoms with Crippen LogP contribution < -0.4 is 0 Å². The van der Waals surface area contributed by atoms with Crippen molar-refractivity contribution in [2.24, 2.45) is 0 Å². The molecule has 2 atom stereocenters. The fourth-order valence-corrected chi connectivity index (χ4v) is 4.22. The number of likely N-dealkylation sites (tertiary alicyclic amines) is 1. The Bertz CT molecular complexity index is 638. The van der Waals surface area contributed by atoms with Crippen LogP contribution in [0.3, 0.4) is 0 Å². The Morgan fingerprint density at radius 3 is 2.68 bits per heavy atom.